The zero-order valence-corrected chi connectivity index (χ0v) is 12.4. The largest absolute Gasteiger partial charge is 0.344 e. The van der Waals surface area contributed by atoms with Gasteiger partial charge in [-0.1, -0.05) is 48.5 Å². The Morgan fingerprint density at radius 1 is 0.727 bits per heavy atom. The Morgan fingerprint density at radius 2 is 1.36 bits per heavy atom. The first-order valence-electron chi connectivity index (χ1n) is 7.39. The fraction of sp³-hybridized carbons (Fsp3) is 0.0500. The number of hydrogen-bond donors (Lipinski definition) is 0. The number of hydrogen-bond acceptors (Lipinski definition) is 2. The molecule has 0 N–H and O–H groups in total. The van der Waals surface area contributed by atoms with Crippen molar-refractivity contribution in [3.05, 3.63) is 79.1 Å². The molecule has 1 heterocycles. The molecule has 0 unspecified atom stereocenters. The van der Waals surface area contributed by atoms with Crippen LogP contribution < -0.4 is 4.90 Å². The van der Waals surface area contributed by atoms with Crippen molar-refractivity contribution in [1.29, 1.82) is 0 Å². The van der Waals surface area contributed by atoms with Crippen LogP contribution >= 0.6 is 0 Å². The molecule has 3 aromatic carbocycles. The predicted octanol–water partition coefficient (Wildman–Crippen LogP) is 5.16. The highest BCUT2D eigenvalue weighted by molar-refractivity contribution is 6.13. The molecule has 2 heteroatoms. The lowest BCUT2D eigenvalue weighted by Crippen LogP contribution is -2.09. The zero-order chi connectivity index (χ0) is 14.9. The number of fused-ring (bicyclic) bond motifs is 3. The second kappa shape index (κ2) is 5.15. The summed E-state index contributed by atoms with van der Waals surface area (Å²) >= 11 is 0. The summed E-state index contributed by atoms with van der Waals surface area (Å²) in [7, 11) is 2.10. The van der Waals surface area contributed by atoms with Gasteiger partial charge in [0.1, 0.15) is 0 Å². The van der Waals surface area contributed by atoms with Gasteiger partial charge in [-0.3, -0.25) is 4.98 Å². The van der Waals surface area contributed by atoms with E-state index in [0.717, 1.165) is 5.69 Å². The molecule has 2 nitrogen and oxygen atoms in total. The third kappa shape index (κ3) is 2.01. The SMILES string of the molecule is CN(c1ccncc1)c1cc2ccccc2c2ccccc12. The smallest absolute Gasteiger partial charge is 0.0494 e. The Kier molecular flexibility index (Phi) is 3.01. The molecule has 0 aliphatic rings. The predicted molar refractivity (Wildman–Crippen MR) is 93.8 cm³/mol. The van der Waals surface area contributed by atoms with E-state index in [4.69, 9.17) is 0 Å². The van der Waals surface area contributed by atoms with Gasteiger partial charge >= 0.3 is 0 Å². The molecular weight excluding hydrogens is 268 g/mol. The van der Waals surface area contributed by atoms with Crippen LogP contribution in [0.4, 0.5) is 11.4 Å². The van der Waals surface area contributed by atoms with E-state index in [0.29, 0.717) is 0 Å². The van der Waals surface area contributed by atoms with Crippen LogP contribution in [0.3, 0.4) is 0 Å². The van der Waals surface area contributed by atoms with Crippen molar-refractivity contribution in [3.63, 3.8) is 0 Å². The molecule has 0 saturated heterocycles. The molecule has 0 aliphatic heterocycles. The van der Waals surface area contributed by atoms with Crippen LogP contribution in [0.15, 0.2) is 79.1 Å². The third-order valence-corrected chi connectivity index (χ3v) is 4.16. The monoisotopic (exact) mass is 284 g/mol. The summed E-state index contributed by atoms with van der Waals surface area (Å²) in [6, 6.07) is 23.5. The second-order valence-electron chi connectivity index (χ2n) is 5.43. The molecule has 0 amide bonds. The van der Waals surface area contributed by atoms with E-state index in [1.165, 1.54) is 27.2 Å². The topological polar surface area (TPSA) is 16.1 Å². The Hall–Kier alpha value is -2.87. The van der Waals surface area contributed by atoms with Gasteiger partial charge < -0.3 is 4.90 Å². The molecule has 4 rings (SSSR count). The lowest BCUT2D eigenvalue weighted by atomic mass is 9.99. The molecule has 106 valence electrons. The summed E-state index contributed by atoms with van der Waals surface area (Å²) in [4.78, 5) is 6.33. The van der Waals surface area contributed by atoms with Crippen LogP contribution in [0.5, 0.6) is 0 Å². The van der Waals surface area contributed by atoms with Crippen molar-refractivity contribution in [2.45, 2.75) is 0 Å². The Labute approximate surface area is 129 Å². The van der Waals surface area contributed by atoms with Gasteiger partial charge in [0, 0.05) is 36.2 Å². The molecule has 0 spiro atoms. The van der Waals surface area contributed by atoms with Crippen LogP contribution in [0.1, 0.15) is 0 Å². The molecule has 0 bridgehead atoms. The minimum atomic E-state index is 1.13. The molecule has 0 saturated carbocycles. The quantitative estimate of drug-likeness (QED) is 0.473. The third-order valence-electron chi connectivity index (χ3n) is 4.16. The normalized spacial score (nSPS) is 11.0. The van der Waals surface area contributed by atoms with Crippen molar-refractivity contribution in [3.8, 4) is 0 Å². The maximum atomic E-state index is 4.11. The molecule has 1 aromatic heterocycles. The number of nitrogens with zero attached hydrogens (tertiary/aromatic N) is 2. The fourth-order valence-corrected chi connectivity index (χ4v) is 3.02. The van der Waals surface area contributed by atoms with Crippen LogP contribution in [0.25, 0.3) is 21.5 Å². The first kappa shape index (κ1) is 12.8. The number of aromatic nitrogens is 1. The van der Waals surface area contributed by atoms with E-state index in [-0.39, 0.29) is 0 Å². The van der Waals surface area contributed by atoms with Crippen molar-refractivity contribution in [2.24, 2.45) is 0 Å². The summed E-state index contributed by atoms with van der Waals surface area (Å²) in [5.74, 6) is 0. The summed E-state index contributed by atoms with van der Waals surface area (Å²) in [6.45, 7) is 0. The summed E-state index contributed by atoms with van der Waals surface area (Å²) < 4.78 is 0. The van der Waals surface area contributed by atoms with E-state index >= 15 is 0 Å². The average molecular weight is 284 g/mol. The minimum Gasteiger partial charge on any atom is -0.344 e. The van der Waals surface area contributed by atoms with Crippen molar-refractivity contribution in [2.75, 3.05) is 11.9 Å². The van der Waals surface area contributed by atoms with Crippen LogP contribution in [-0.2, 0) is 0 Å². The van der Waals surface area contributed by atoms with Gasteiger partial charge in [-0.25, -0.2) is 0 Å². The van der Waals surface area contributed by atoms with Crippen LogP contribution in [0.2, 0.25) is 0 Å². The maximum Gasteiger partial charge on any atom is 0.0494 e. The number of rotatable bonds is 2. The minimum absolute atomic E-state index is 1.13. The van der Waals surface area contributed by atoms with E-state index in [2.05, 4.69) is 71.5 Å². The standard InChI is InChI=1S/C20H16N2/c1-22(16-10-12-21-13-11-16)20-14-15-6-2-3-7-17(15)18-8-4-5-9-19(18)20/h2-14H,1H3. The zero-order valence-electron chi connectivity index (χ0n) is 12.4. The first-order valence-corrected chi connectivity index (χ1v) is 7.39. The van der Waals surface area contributed by atoms with Gasteiger partial charge in [0.15, 0.2) is 0 Å². The number of benzene rings is 3. The van der Waals surface area contributed by atoms with Gasteiger partial charge in [-0.2, -0.15) is 0 Å². The Balaban J connectivity index is 2.04. The van der Waals surface area contributed by atoms with Crippen molar-refractivity contribution < 1.29 is 0 Å². The maximum absolute atomic E-state index is 4.11. The van der Waals surface area contributed by atoms with Crippen LogP contribution in [0, 0.1) is 0 Å². The molecule has 0 radical (unpaired) electrons. The van der Waals surface area contributed by atoms with E-state index < -0.39 is 0 Å². The lowest BCUT2D eigenvalue weighted by molar-refractivity contribution is 1.20. The van der Waals surface area contributed by atoms with Gasteiger partial charge in [0.05, 0.1) is 0 Å². The van der Waals surface area contributed by atoms with Gasteiger partial charge in [-0.05, 0) is 34.4 Å². The Bertz CT molecular complexity index is 945. The number of anilines is 2. The molecular formula is C20H16N2. The highest BCUT2D eigenvalue weighted by Crippen LogP contribution is 2.36. The highest BCUT2D eigenvalue weighted by atomic mass is 15.1. The Morgan fingerprint density at radius 3 is 2.14 bits per heavy atom. The van der Waals surface area contributed by atoms with Crippen LogP contribution in [-0.4, -0.2) is 12.0 Å². The second-order valence-corrected chi connectivity index (χ2v) is 5.43. The molecule has 0 aliphatic carbocycles. The van der Waals surface area contributed by atoms with Crippen molar-refractivity contribution in [1.82, 2.24) is 4.98 Å². The van der Waals surface area contributed by atoms with Crippen molar-refractivity contribution >= 4 is 32.9 Å². The lowest BCUT2D eigenvalue weighted by Gasteiger charge is -2.22. The molecule has 0 fully saturated rings. The van der Waals surface area contributed by atoms with Gasteiger partial charge in [0.2, 0.25) is 0 Å². The summed E-state index contributed by atoms with van der Waals surface area (Å²) in [5.41, 5.74) is 2.34. The fourth-order valence-electron chi connectivity index (χ4n) is 3.02. The molecule has 0 atom stereocenters. The van der Waals surface area contributed by atoms with E-state index in [1.54, 1.807) is 0 Å². The molecule has 22 heavy (non-hydrogen) atoms. The first-order chi connectivity index (χ1) is 10.8. The average Bonchev–Trinajstić information content (AvgIpc) is 2.61. The van der Waals surface area contributed by atoms with E-state index in [9.17, 15) is 0 Å². The number of pyridine rings is 1. The van der Waals surface area contributed by atoms with Gasteiger partial charge in [0.25, 0.3) is 0 Å². The van der Waals surface area contributed by atoms with Gasteiger partial charge in [-0.15, -0.1) is 0 Å². The highest BCUT2D eigenvalue weighted by Gasteiger charge is 2.10. The molecule has 4 aromatic rings. The van der Waals surface area contributed by atoms with E-state index in [1.807, 2.05) is 24.5 Å². The summed E-state index contributed by atoms with van der Waals surface area (Å²) in [5, 5.41) is 5.11. The summed E-state index contributed by atoms with van der Waals surface area (Å²) in [6.07, 6.45) is 3.66.